The van der Waals surface area contributed by atoms with E-state index in [1.54, 1.807) is 18.2 Å². The summed E-state index contributed by atoms with van der Waals surface area (Å²) in [7, 11) is 1.27. The first kappa shape index (κ1) is 18.7. The van der Waals surface area contributed by atoms with Crippen LogP contribution >= 0.6 is 11.6 Å². The molecular weight excluding hydrogens is 376 g/mol. The summed E-state index contributed by atoms with van der Waals surface area (Å²) in [5.41, 5.74) is 0.581. The van der Waals surface area contributed by atoms with Gasteiger partial charge >= 0.3 is 12.0 Å². The van der Waals surface area contributed by atoms with Crippen molar-refractivity contribution in [3.05, 3.63) is 47.0 Å². The zero-order valence-electron chi connectivity index (χ0n) is 14.4. The van der Waals surface area contributed by atoms with Crippen molar-refractivity contribution in [1.29, 1.82) is 0 Å². The van der Waals surface area contributed by atoms with Crippen LogP contribution < -0.4 is 24.8 Å². The topological polar surface area (TPSA) is 95.1 Å². The van der Waals surface area contributed by atoms with Crippen LogP contribution in [0, 0.1) is 0 Å². The van der Waals surface area contributed by atoms with Crippen LogP contribution in [0.15, 0.2) is 36.4 Å². The third-order valence-electron chi connectivity index (χ3n) is 3.64. The second-order valence-electron chi connectivity index (χ2n) is 5.43. The van der Waals surface area contributed by atoms with Crippen molar-refractivity contribution >= 4 is 29.3 Å². The van der Waals surface area contributed by atoms with Gasteiger partial charge in [0, 0.05) is 6.07 Å². The number of methoxy groups -OCH3 is 1. The molecule has 27 heavy (non-hydrogen) atoms. The summed E-state index contributed by atoms with van der Waals surface area (Å²) in [5, 5.41) is 5.52. The Kier molecular flexibility index (Phi) is 5.87. The molecule has 0 fully saturated rings. The molecule has 2 aromatic carbocycles. The Morgan fingerprint density at radius 2 is 1.96 bits per heavy atom. The molecule has 0 spiro atoms. The Hall–Kier alpha value is -3.13. The smallest absolute Gasteiger partial charge is 0.337 e. The molecule has 1 aliphatic rings. The fourth-order valence-electron chi connectivity index (χ4n) is 2.33. The van der Waals surface area contributed by atoms with Crippen LogP contribution in [0.1, 0.15) is 10.4 Å². The Bertz CT molecular complexity index is 858. The number of urea groups is 1. The minimum absolute atomic E-state index is 0.195. The highest BCUT2D eigenvalue weighted by atomic mass is 35.5. The van der Waals surface area contributed by atoms with Crippen molar-refractivity contribution in [1.82, 2.24) is 5.32 Å². The zero-order chi connectivity index (χ0) is 19.2. The van der Waals surface area contributed by atoms with E-state index in [4.69, 9.17) is 25.8 Å². The quantitative estimate of drug-likeness (QED) is 0.579. The molecule has 0 saturated carbocycles. The molecule has 1 heterocycles. The van der Waals surface area contributed by atoms with Gasteiger partial charge in [-0.25, -0.2) is 9.59 Å². The SMILES string of the molecule is COC(=O)c1ccc(Cl)c(NC(=O)NCCOc2ccc3c(c2)OCO3)c1. The normalized spacial score (nSPS) is 11.6. The molecular formula is C18H17ClN2O6. The molecule has 0 radical (unpaired) electrons. The largest absolute Gasteiger partial charge is 0.492 e. The summed E-state index contributed by atoms with van der Waals surface area (Å²) in [6.07, 6.45) is 0. The molecule has 0 aliphatic carbocycles. The third-order valence-corrected chi connectivity index (χ3v) is 3.97. The van der Waals surface area contributed by atoms with Crippen LogP contribution in [-0.4, -0.2) is 39.1 Å². The molecule has 0 aromatic heterocycles. The van der Waals surface area contributed by atoms with Gasteiger partial charge in [-0.2, -0.15) is 0 Å². The first-order chi connectivity index (χ1) is 13.1. The van der Waals surface area contributed by atoms with E-state index in [0.29, 0.717) is 28.0 Å². The van der Waals surface area contributed by atoms with Crippen molar-refractivity contribution in [3.63, 3.8) is 0 Å². The molecule has 0 bridgehead atoms. The average molecular weight is 393 g/mol. The number of benzene rings is 2. The van der Waals surface area contributed by atoms with Crippen molar-refractivity contribution < 1.29 is 28.5 Å². The number of nitrogens with one attached hydrogen (secondary N) is 2. The van der Waals surface area contributed by atoms with Gasteiger partial charge in [0.1, 0.15) is 12.4 Å². The van der Waals surface area contributed by atoms with E-state index in [9.17, 15) is 9.59 Å². The van der Waals surface area contributed by atoms with Gasteiger partial charge in [-0.3, -0.25) is 0 Å². The van der Waals surface area contributed by atoms with Gasteiger partial charge in [0.05, 0.1) is 29.9 Å². The fourth-order valence-corrected chi connectivity index (χ4v) is 2.50. The van der Waals surface area contributed by atoms with Crippen LogP contribution in [-0.2, 0) is 4.74 Å². The lowest BCUT2D eigenvalue weighted by Crippen LogP contribution is -2.32. The van der Waals surface area contributed by atoms with E-state index in [1.165, 1.54) is 25.3 Å². The number of hydrogen-bond acceptors (Lipinski definition) is 6. The molecule has 8 nitrogen and oxygen atoms in total. The number of rotatable bonds is 6. The maximum absolute atomic E-state index is 12.0. The van der Waals surface area contributed by atoms with Gasteiger partial charge in [0.2, 0.25) is 6.79 Å². The van der Waals surface area contributed by atoms with Crippen LogP contribution in [0.25, 0.3) is 0 Å². The number of fused-ring (bicyclic) bond motifs is 1. The summed E-state index contributed by atoms with van der Waals surface area (Å²) in [6, 6.07) is 9.22. The predicted octanol–water partition coefficient (Wildman–Crippen LogP) is 3.06. The second kappa shape index (κ2) is 8.50. The van der Waals surface area contributed by atoms with Crippen molar-refractivity contribution in [2.24, 2.45) is 0 Å². The van der Waals surface area contributed by atoms with E-state index in [2.05, 4.69) is 15.4 Å². The van der Waals surface area contributed by atoms with E-state index in [-0.39, 0.29) is 25.5 Å². The number of carbonyl (C=O) groups excluding carboxylic acids is 2. The minimum atomic E-state index is -0.521. The van der Waals surface area contributed by atoms with Crippen molar-refractivity contribution in [2.45, 2.75) is 0 Å². The first-order valence-corrected chi connectivity index (χ1v) is 8.40. The molecule has 1 aliphatic heterocycles. The van der Waals surface area contributed by atoms with Crippen LogP contribution in [0.4, 0.5) is 10.5 Å². The fraction of sp³-hybridized carbons (Fsp3) is 0.222. The average Bonchev–Trinajstić information content (AvgIpc) is 3.14. The molecule has 0 saturated heterocycles. The monoisotopic (exact) mass is 392 g/mol. The minimum Gasteiger partial charge on any atom is -0.492 e. The Morgan fingerprint density at radius 1 is 1.15 bits per heavy atom. The maximum atomic E-state index is 12.0. The summed E-state index contributed by atoms with van der Waals surface area (Å²) in [4.78, 5) is 23.5. The van der Waals surface area contributed by atoms with Crippen LogP contribution in [0.2, 0.25) is 5.02 Å². The summed E-state index contributed by atoms with van der Waals surface area (Å²) in [6.45, 7) is 0.706. The van der Waals surface area contributed by atoms with Gasteiger partial charge in [-0.1, -0.05) is 11.6 Å². The number of halogens is 1. The van der Waals surface area contributed by atoms with Gasteiger partial charge < -0.3 is 29.6 Å². The molecule has 2 amide bonds. The summed E-state index contributed by atoms with van der Waals surface area (Å²) >= 11 is 6.03. The molecule has 0 unspecified atom stereocenters. The number of ether oxygens (including phenoxy) is 4. The molecule has 2 N–H and O–H groups in total. The molecule has 2 aromatic rings. The summed E-state index contributed by atoms with van der Waals surface area (Å²) in [5.74, 6) is 1.38. The number of carbonyl (C=O) groups is 2. The zero-order valence-corrected chi connectivity index (χ0v) is 15.2. The van der Waals surface area contributed by atoms with E-state index >= 15 is 0 Å². The molecule has 0 atom stereocenters. The van der Waals surface area contributed by atoms with Gasteiger partial charge in [-0.05, 0) is 30.3 Å². The molecule has 142 valence electrons. The number of esters is 1. The van der Waals surface area contributed by atoms with E-state index in [1.807, 2.05) is 0 Å². The highest BCUT2D eigenvalue weighted by Crippen LogP contribution is 2.35. The lowest BCUT2D eigenvalue weighted by atomic mass is 10.2. The molecule has 9 heteroatoms. The Labute approximate surface area is 160 Å². The maximum Gasteiger partial charge on any atom is 0.337 e. The second-order valence-corrected chi connectivity index (χ2v) is 5.84. The Morgan fingerprint density at radius 3 is 2.78 bits per heavy atom. The number of amides is 2. The Balaban J connectivity index is 1.46. The predicted molar refractivity (Wildman–Crippen MR) is 97.9 cm³/mol. The van der Waals surface area contributed by atoms with Crippen LogP contribution in [0.5, 0.6) is 17.2 Å². The van der Waals surface area contributed by atoms with Crippen LogP contribution in [0.3, 0.4) is 0 Å². The van der Waals surface area contributed by atoms with E-state index in [0.717, 1.165) is 0 Å². The number of anilines is 1. The molecule has 3 rings (SSSR count). The van der Waals surface area contributed by atoms with Crippen molar-refractivity contribution in [3.8, 4) is 17.2 Å². The first-order valence-electron chi connectivity index (χ1n) is 8.02. The lowest BCUT2D eigenvalue weighted by molar-refractivity contribution is 0.0600. The highest BCUT2D eigenvalue weighted by Gasteiger charge is 2.14. The van der Waals surface area contributed by atoms with E-state index < -0.39 is 12.0 Å². The third kappa shape index (κ3) is 4.73. The standard InChI is InChI=1S/C18H17ClN2O6/c1-24-17(22)11-2-4-13(19)14(8-11)21-18(23)20-6-7-25-12-3-5-15-16(9-12)27-10-26-15/h2-5,8-9H,6-7,10H2,1H3,(H2,20,21,23). The van der Waals surface area contributed by atoms with Gasteiger partial charge in [0.25, 0.3) is 0 Å². The highest BCUT2D eigenvalue weighted by molar-refractivity contribution is 6.33. The van der Waals surface area contributed by atoms with Gasteiger partial charge in [0.15, 0.2) is 11.5 Å². The number of hydrogen-bond donors (Lipinski definition) is 2. The van der Waals surface area contributed by atoms with Gasteiger partial charge in [-0.15, -0.1) is 0 Å². The lowest BCUT2D eigenvalue weighted by Gasteiger charge is -2.11. The summed E-state index contributed by atoms with van der Waals surface area (Å²) < 4.78 is 20.7. The van der Waals surface area contributed by atoms with Crippen molar-refractivity contribution in [2.75, 3.05) is 32.4 Å².